The smallest absolute Gasteiger partial charge is 0.0769 e. The van der Waals surface area contributed by atoms with Gasteiger partial charge in [0.2, 0.25) is 0 Å². The Bertz CT molecular complexity index is 637. The van der Waals surface area contributed by atoms with Crippen molar-refractivity contribution in [3.05, 3.63) is 78.4 Å². The molecule has 21 heavy (non-hydrogen) atoms. The maximum Gasteiger partial charge on any atom is 0.0769 e. The Hall–Kier alpha value is -2.62. The molecular weight excluding hydrogens is 260 g/mol. The minimum atomic E-state index is 0.0868. The first-order valence-electron chi connectivity index (χ1n) is 7.10. The number of hydrogen-bond acceptors (Lipinski definition) is 3. The van der Waals surface area contributed by atoms with Gasteiger partial charge in [-0.2, -0.15) is 5.10 Å². The quantitative estimate of drug-likeness (QED) is 0.776. The van der Waals surface area contributed by atoms with Crippen LogP contribution in [0.25, 0.3) is 0 Å². The molecule has 0 amide bonds. The number of nitrogens with one attached hydrogen (secondary N) is 1. The lowest BCUT2D eigenvalue weighted by molar-refractivity contribution is 0.660. The average Bonchev–Trinajstić information content (AvgIpc) is 3.02. The molecule has 1 atom stereocenters. The molecule has 0 aliphatic rings. The molecule has 0 saturated heterocycles. The minimum absolute atomic E-state index is 0.0868. The zero-order chi connectivity index (χ0) is 14.5. The molecule has 3 rings (SSSR count). The molecule has 1 aromatic carbocycles. The van der Waals surface area contributed by atoms with Crippen molar-refractivity contribution >= 4 is 5.69 Å². The molecule has 3 aromatic rings. The molecule has 2 aromatic heterocycles. The van der Waals surface area contributed by atoms with Crippen LogP contribution >= 0.6 is 0 Å². The first kappa shape index (κ1) is 13.4. The number of benzene rings is 1. The van der Waals surface area contributed by atoms with Gasteiger partial charge in [-0.25, -0.2) is 0 Å². The van der Waals surface area contributed by atoms with E-state index in [1.807, 2.05) is 47.7 Å². The summed E-state index contributed by atoms with van der Waals surface area (Å²) < 4.78 is 1.91. The second-order valence-electron chi connectivity index (χ2n) is 4.85. The van der Waals surface area contributed by atoms with Crippen LogP contribution in [0.3, 0.4) is 0 Å². The molecule has 4 heteroatoms. The number of aryl methyl sites for hydroxylation is 1. The van der Waals surface area contributed by atoms with Gasteiger partial charge >= 0.3 is 0 Å². The summed E-state index contributed by atoms with van der Waals surface area (Å²) in [6.07, 6.45) is 7.53. The highest BCUT2D eigenvalue weighted by molar-refractivity contribution is 5.46. The number of anilines is 1. The Morgan fingerprint density at radius 3 is 2.43 bits per heavy atom. The third kappa shape index (κ3) is 3.11. The van der Waals surface area contributed by atoms with Crippen LogP contribution in [0.4, 0.5) is 5.69 Å². The fourth-order valence-corrected chi connectivity index (χ4v) is 2.34. The minimum Gasteiger partial charge on any atom is -0.372 e. The van der Waals surface area contributed by atoms with E-state index in [2.05, 4.69) is 46.6 Å². The highest BCUT2D eigenvalue weighted by Crippen LogP contribution is 2.25. The number of nitrogens with zero attached hydrogens (tertiary/aromatic N) is 3. The summed E-state index contributed by atoms with van der Waals surface area (Å²) in [5.41, 5.74) is 3.41. The number of hydrogen-bond donors (Lipinski definition) is 1. The fraction of sp³-hybridized carbons (Fsp3) is 0.176. The molecule has 0 aliphatic carbocycles. The van der Waals surface area contributed by atoms with Gasteiger partial charge in [-0.1, -0.05) is 30.3 Å². The molecule has 0 bridgehead atoms. The van der Waals surface area contributed by atoms with Crippen LogP contribution < -0.4 is 5.32 Å². The van der Waals surface area contributed by atoms with E-state index < -0.39 is 0 Å². The summed E-state index contributed by atoms with van der Waals surface area (Å²) in [4.78, 5) is 4.10. The van der Waals surface area contributed by atoms with Crippen LogP contribution in [0.15, 0.2) is 67.3 Å². The molecule has 0 fully saturated rings. The largest absolute Gasteiger partial charge is 0.372 e. The third-order valence-electron chi connectivity index (χ3n) is 3.44. The molecule has 0 aliphatic heterocycles. The van der Waals surface area contributed by atoms with Crippen molar-refractivity contribution in [2.75, 3.05) is 5.32 Å². The van der Waals surface area contributed by atoms with Crippen LogP contribution in [0.1, 0.15) is 24.1 Å². The first-order valence-corrected chi connectivity index (χ1v) is 7.10. The van der Waals surface area contributed by atoms with Crippen molar-refractivity contribution in [1.82, 2.24) is 14.8 Å². The van der Waals surface area contributed by atoms with E-state index in [-0.39, 0.29) is 6.04 Å². The van der Waals surface area contributed by atoms with Crippen LogP contribution in [-0.2, 0) is 6.54 Å². The van der Waals surface area contributed by atoms with Gasteiger partial charge in [0, 0.05) is 25.1 Å². The predicted molar refractivity (Wildman–Crippen MR) is 84.0 cm³/mol. The third-order valence-corrected chi connectivity index (χ3v) is 3.44. The van der Waals surface area contributed by atoms with Gasteiger partial charge in [-0.3, -0.25) is 9.67 Å². The summed E-state index contributed by atoms with van der Waals surface area (Å²) in [5, 5.41) is 7.87. The Morgan fingerprint density at radius 2 is 1.76 bits per heavy atom. The van der Waals surface area contributed by atoms with Gasteiger partial charge in [0.15, 0.2) is 0 Å². The summed E-state index contributed by atoms with van der Waals surface area (Å²) >= 11 is 0. The zero-order valence-corrected chi connectivity index (χ0v) is 12.0. The van der Waals surface area contributed by atoms with E-state index in [1.54, 1.807) is 0 Å². The molecule has 1 N–H and O–H groups in total. The summed E-state index contributed by atoms with van der Waals surface area (Å²) in [6.45, 7) is 2.95. The van der Waals surface area contributed by atoms with E-state index in [9.17, 15) is 0 Å². The lowest BCUT2D eigenvalue weighted by atomic mass is 9.99. The lowest BCUT2D eigenvalue weighted by Crippen LogP contribution is -2.12. The van der Waals surface area contributed by atoms with Crippen LogP contribution in [-0.4, -0.2) is 14.8 Å². The van der Waals surface area contributed by atoms with Crippen molar-refractivity contribution < 1.29 is 0 Å². The molecule has 0 saturated carbocycles. The van der Waals surface area contributed by atoms with E-state index >= 15 is 0 Å². The highest BCUT2D eigenvalue weighted by atomic mass is 15.3. The van der Waals surface area contributed by atoms with Crippen molar-refractivity contribution in [3.63, 3.8) is 0 Å². The summed E-state index contributed by atoms with van der Waals surface area (Å²) in [6, 6.07) is 14.6. The molecular formula is C17H18N4. The number of rotatable bonds is 5. The Kier molecular flexibility index (Phi) is 3.96. The molecule has 4 nitrogen and oxygen atoms in total. The second-order valence-corrected chi connectivity index (χ2v) is 4.85. The van der Waals surface area contributed by atoms with Crippen molar-refractivity contribution in [2.24, 2.45) is 0 Å². The second kappa shape index (κ2) is 6.22. The van der Waals surface area contributed by atoms with E-state index in [0.29, 0.717) is 0 Å². The molecule has 0 radical (unpaired) electrons. The van der Waals surface area contributed by atoms with Gasteiger partial charge in [0.1, 0.15) is 0 Å². The zero-order valence-electron chi connectivity index (χ0n) is 12.0. The van der Waals surface area contributed by atoms with E-state index in [4.69, 9.17) is 0 Å². The van der Waals surface area contributed by atoms with Crippen LogP contribution in [0, 0.1) is 0 Å². The number of pyridine rings is 1. The molecule has 0 spiro atoms. The highest BCUT2D eigenvalue weighted by Gasteiger charge is 2.14. The van der Waals surface area contributed by atoms with Gasteiger partial charge in [0.05, 0.1) is 17.9 Å². The van der Waals surface area contributed by atoms with Crippen LogP contribution in [0.2, 0.25) is 0 Å². The SMILES string of the molecule is CCn1cc(NC(c2ccccc2)c2ccncc2)cn1. The van der Waals surface area contributed by atoms with Gasteiger partial charge < -0.3 is 5.32 Å². The number of aromatic nitrogens is 3. The maximum atomic E-state index is 4.32. The maximum absolute atomic E-state index is 4.32. The molecule has 2 heterocycles. The van der Waals surface area contributed by atoms with E-state index in [0.717, 1.165) is 12.2 Å². The Labute approximate surface area is 124 Å². The average molecular weight is 278 g/mol. The lowest BCUT2D eigenvalue weighted by Gasteiger charge is -2.19. The van der Waals surface area contributed by atoms with Crippen molar-refractivity contribution in [1.29, 1.82) is 0 Å². The van der Waals surface area contributed by atoms with Gasteiger partial charge in [-0.15, -0.1) is 0 Å². The van der Waals surface area contributed by atoms with Crippen molar-refractivity contribution in [3.8, 4) is 0 Å². The van der Waals surface area contributed by atoms with Crippen LogP contribution in [0.5, 0.6) is 0 Å². The van der Waals surface area contributed by atoms with Crippen molar-refractivity contribution in [2.45, 2.75) is 19.5 Å². The molecule has 106 valence electrons. The van der Waals surface area contributed by atoms with Gasteiger partial charge in [-0.05, 0) is 30.2 Å². The monoisotopic (exact) mass is 278 g/mol. The van der Waals surface area contributed by atoms with E-state index in [1.165, 1.54) is 11.1 Å². The summed E-state index contributed by atoms with van der Waals surface area (Å²) in [7, 11) is 0. The standard InChI is InChI=1S/C17H18N4/c1-2-21-13-16(12-19-21)20-17(14-6-4-3-5-7-14)15-8-10-18-11-9-15/h3-13,17,20H,2H2,1H3. The first-order chi connectivity index (χ1) is 10.4. The molecule has 1 unspecified atom stereocenters. The topological polar surface area (TPSA) is 42.7 Å². The Balaban J connectivity index is 1.93. The fourth-order valence-electron chi connectivity index (χ4n) is 2.34. The van der Waals surface area contributed by atoms with Gasteiger partial charge in [0.25, 0.3) is 0 Å². The summed E-state index contributed by atoms with van der Waals surface area (Å²) in [5.74, 6) is 0. The normalized spacial score (nSPS) is 12.0. The predicted octanol–water partition coefficient (Wildman–Crippen LogP) is 3.50. The Morgan fingerprint density at radius 1 is 1.05 bits per heavy atom.